The molecular weight excluding hydrogens is 484 g/mol. The van der Waals surface area contributed by atoms with Crippen molar-refractivity contribution in [1.29, 1.82) is 0 Å². The maximum atomic E-state index is 15.6. The maximum Gasteiger partial charge on any atom is 0.187 e. The van der Waals surface area contributed by atoms with Crippen molar-refractivity contribution >= 4 is 17.6 Å². The predicted molar refractivity (Wildman–Crippen MR) is 135 cm³/mol. The Morgan fingerprint density at radius 2 is 1.97 bits per heavy atom. The molecule has 2 aliphatic heterocycles. The maximum absolute atomic E-state index is 15.6. The quantitative estimate of drug-likeness (QED) is 0.380. The van der Waals surface area contributed by atoms with E-state index in [-0.39, 0.29) is 28.8 Å². The molecule has 4 heterocycles. The van der Waals surface area contributed by atoms with Gasteiger partial charge in [-0.15, -0.1) is 10.2 Å². The number of anilines is 1. The highest BCUT2D eigenvalue weighted by atomic mass is 32.2. The number of rotatable bonds is 5. The first-order valence-electron chi connectivity index (χ1n) is 11.9. The fourth-order valence-corrected chi connectivity index (χ4v) is 5.93. The van der Waals surface area contributed by atoms with E-state index >= 15 is 4.39 Å². The first-order chi connectivity index (χ1) is 17.1. The summed E-state index contributed by atoms with van der Waals surface area (Å²) in [5.74, 6) is -0.0411. The summed E-state index contributed by atoms with van der Waals surface area (Å²) >= 11 is 1.30. The summed E-state index contributed by atoms with van der Waals surface area (Å²) in [6, 6.07) is 4.29. The molecule has 2 bridgehead atoms. The fraction of sp³-hybridized carbons (Fsp3) is 0.480. The van der Waals surface area contributed by atoms with Crippen molar-refractivity contribution in [2.24, 2.45) is 0 Å². The van der Waals surface area contributed by atoms with Crippen molar-refractivity contribution < 1.29 is 13.9 Å². The minimum Gasteiger partial charge on any atom is -0.507 e. The van der Waals surface area contributed by atoms with E-state index in [4.69, 9.17) is 0 Å². The molecular formula is C25H29F2N7OS. The van der Waals surface area contributed by atoms with Gasteiger partial charge in [0.1, 0.15) is 17.6 Å². The van der Waals surface area contributed by atoms with Gasteiger partial charge in [0.25, 0.3) is 0 Å². The second-order valence-electron chi connectivity index (χ2n) is 10.2. The van der Waals surface area contributed by atoms with Crippen molar-refractivity contribution in [2.45, 2.75) is 68.0 Å². The van der Waals surface area contributed by atoms with E-state index in [0.29, 0.717) is 28.5 Å². The third-order valence-electron chi connectivity index (χ3n) is 7.44. The van der Waals surface area contributed by atoms with Crippen LogP contribution in [-0.2, 0) is 0 Å². The zero-order valence-corrected chi connectivity index (χ0v) is 21.5. The van der Waals surface area contributed by atoms with Crippen molar-refractivity contribution in [3.05, 3.63) is 36.4 Å². The summed E-state index contributed by atoms with van der Waals surface area (Å²) < 4.78 is 29.9. The zero-order valence-electron chi connectivity index (χ0n) is 20.7. The molecule has 2 saturated heterocycles. The lowest BCUT2D eigenvalue weighted by Gasteiger charge is -2.56. The molecule has 8 nitrogen and oxygen atoms in total. The molecule has 0 radical (unpaired) electrons. The number of alkyl halides is 1. The van der Waals surface area contributed by atoms with E-state index in [9.17, 15) is 9.50 Å². The Kier molecular flexibility index (Phi) is 6.32. The number of benzene rings is 1. The largest absolute Gasteiger partial charge is 0.507 e. The lowest BCUT2D eigenvalue weighted by molar-refractivity contribution is 0.00193. The van der Waals surface area contributed by atoms with E-state index < -0.39 is 17.5 Å². The molecule has 0 unspecified atom stereocenters. The number of phenols is 1. The van der Waals surface area contributed by atoms with Crippen LogP contribution in [0.15, 0.2) is 35.7 Å². The highest BCUT2D eigenvalue weighted by Gasteiger charge is 2.53. The molecule has 0 spiro atoms. The van der Waals surface area contributed by atoms with E-state index in [2.05, 4.69) is 37.4 Å². The highest BCUT2D eigenvalue weighted by molar-refractivity contribution is 7.98. The minimum atomic E-state index is -1.07. The average molecular weight is 514 g/mol. The molecule has 2 fully saturated rings. The van der Waals surface area contributed by atoms with Crippen molar-refractivity contribution in [3.8, 4) is 28.4 Å². The summed E-state index contributed by atoms with van der Waals surface area (Å²) in [4.78, 5) is 14.3. The Morgan fingerprint density at radius 3 is 2.67 bits per heavy atom. The number of phenolic OH excluding ortho intramolecular Hbond substituents is 1. The van der Waals surface area contributed by atoms with Crippen LogP contribution in [0, 0.1) is 5.82 Å². The Balaban J connectivity index is 1.38. The summed E-state index contributed by atoms with van der Waals surface area (Å²) in [5.41, 5.74) is 0.158. The van der Waals surface area contributed by atoms with E-state index in [0.717, 1.165) is 25.5 Å². The second kappa shape index (κ2) is 9.19. The van der Waals surface area contributed by atoms with Crippen molar-refractivity contribution in [1.82, 2.24) is 30.5 Å². The molecule has 11 heteroatoms. The number of hydrogen-bond acceptors (Lipinski definition) is 9. The van der Waals surface area contributed by atoms with Gasteiger partial charge in [0, 0.05) is 23.7 Å². The topological polar surface area (TPSA) is 100.0 Å². The van der Waals surface area contributed by atoms with E-state index in [1.165, 1.54) is 17.8 Å². The minimum absolute atomic E-state index is 0.0992. The SMILES string of the molecule is CSc1ncc(F)c(-c2ccc(-c3ncc(N(C)[C@@H]4C[C@@]5(C)CCC[C@](C)(N5)[C@@H]4F)nn3)c(O)c2)n1. The third-order valence-corrected chi connectivity index (χ3v) is 8.00. The molecule has 2 aromatic heterocycles. The van der Waals surface area contributed by atoms with Crippen LogP contribution in [0.25, 0.3) is 22.6 Å². The Labute approximate surface area is 213 Å². The lowest BCUT2D eigenvalue weighted by atomic mass is 9.68. The first-order valence-corrected chi connectivity index (χ1v) is 13.1. The fourth-order valence-electron chi connectivity index (χ4n) is 5.59. The number of thioether (sulfide) groups is 1. The Hall–Kier alpha value is -2.92. The van der Waals surface area contributed by atoms with Gasteiger partial charge in [0.15, 0.2) is 22.6 Å². The van der Waals surface area contributed by atoms with Crippen LogP contribution >= 0.6 is 11.8 Å². The van der Waals surface area contributed by atoms with Gasteiger partial charge >= 0.3 is 0 Å². The van der Waals surface area contributed by atoms with Crippen LogP contribution in [0.2, 0.25) is 0 Å². The smallest absolute Gasteiger partial charge is 0.187 e. The molecule has 0 saturated carbocycles. The summed E-state index contributed by atoms with van der Waals surface area (Å²) in [5, 5.41) is 23.1. The highest BCUT2D eigenvalue weighted by Crippen LogP contribution is 2.43. The number of nitrogens with zero attached hydrogens (tertiary/aromatic N) is 6. The van der Waals surface area contributed by atoms with Crippen LogP contribution < -0.4 is 10.2 Å². The Morgan fingerprint density at radius 1 is 1.17 bits per heavy atom. The normalized spacial score (nSPS) is 27.6. The number of aromatic nitrogens is 5. The molecule has 0 aliphatic carbocycles. The number of piperidine rings is 2. The third kappa shape index (κ3) is 4.39. The number of hydrogen-bond donors (Lipinski definition) is 2. The zero-order chi connectivity index (χ0) is 25.7. The van der Waals surface area contributed by atoms with Gasteiger partial charge in [0.2, 0.25) is 0 Å². The molecule has 1 aromatic carbocycles. The van der Waals surface area contributed by atoms with Gasteiger partial charge in [-0.1, -0.05) is 17.8 Å². The predicted octanol–water partition coefficient (Wildman–Crippen LogP) is 4.40. The van der Waals surface area contributed by atoms with Crippen LogP contribution in [0.3, 0.4) is 0 Å². The summed E-state index contributed by atoms with van der Waals surface area (Å²) in [6.07, 6.45) is 6.86. The number of halogens is 2. The van der Waals surface area contributed by atoms with Gasteiger partial charge in [-0.2, -0.15) is 0 Å². The average Bonchev–Trinajstić information content (AvgIpc) is 2.86. The Bertz CT molecular complexity index is 1280. The molecule has 36 heavy (non-hydrogen) atoms. The molecule has 3 aromatic rings. The van der Waals surface area contributed by atoms with Gasteiger partial charge < -0.3 is 15.3 Å². The molecule has 0 amide bonds. The standard InChI is InChI=1S/C25H29F2N7OS/c1-24-8-5-9-25(2,33-24)21(27)17(11-24)34(3)19-13-28-22(32-31-19)15-7-6-14(10-18(15)35)20-16(26)12-29-23(30-20)36-4/h6-7,10,12-13,17,21,33,35H,5,8-9,11H2,1-4H3/t17-,21-,24-,25+/m1/s1. The molecule has 5 rings (SSSR count). The summed E-state index contributed by atoms with van der Waals surface area (Å²) in [7, 11) is 1.82. The number of nitrogens with one attached hydrogen (secondary N) is 1. The monoisotopic (exact) mass is 513 g/mol. The lowest BCUT2D eigenvalue weighted by Crippen LogP contribution is -2.72. The van der Waals surface area contributed by atoms with Gasteiger partial charge in [0.05, 0.1) is 24.0 Å². The van der Waals surface area contributed by atoms with Crippen LogP contribution in [0.1, 0.15) is 39.5 Å². The van der Waals surface area contributed by atoms with Gasteiger partial charge in [-0.05, 0) is 57.9 Å². The number of aromatic hydroxyl groups is 1. The molecule has 2 aliphatic rings. The van der Waals surface area contributed by atoms with Crippen LogP contribution in [-0.4, -0.2) is 66.9 Å². The molecule has 4 atom stereocenters. The molecule has 2 N–H and O–H groups in total. The second-order valence-corrected chi connectivity index (χ2v) is 10.9. The van der Waals surface area contributed by atoms with E-state index in [1.807, 2.05) is 18.9 Å². The van der Waals surface area contributed by atoms with Crippen molar-refractivity contribution in [3.63, 3.8) is 0 Å². The first kappa shape index (κ1) is 24.8. The van der Waals surface area contributed by atoms with Crippen molar-refractivity contribution in [2.75, 3.05) is 18.2 Å². The van der Waals surface area contributed by atoms with Crippen LogP contribution in [0.5, 0.6) is 5.75 Å². The van der Waals surface area contributed by atoms with Gasteiger partial charge in [-0.3, -0.25) is 0 Å². The van der Waals surface area contributed by atoms with Crippen LogP contribution in [0.4, 0.5) is 14.6 Å². The van der Waals surface area contributed by atoms with Gasteiger partial charge in [-0.25, -0.2) is 23.7 Å². The molecule has 190 valence electrons. The number of fused-ring (bicyclic) bond motifs is 2. The summed E-state index contributed by atoms with van der Waals surface area (Å²) in [6.45, 7) is 4.12. The van der Waals surface area contributed by atoms with E-state index in [1.54, 1.807) is 24.6 Å².